The van der Waals surface area contributed by atoms with Crippen molar-refractivity contribution >= 4 is 218 Å². The third-order valence-electron chi connectivity index (χ3n) is 32.2. The number of fused-ring (bicyclic) bond motifs is 30. The number of hydrogen-bond acceptors (Lipinski definition) is 5. The molecule has 0 aliphatic rings. The zero-order chi connectivity index (χ0) is 102. The molecule has 150 heavy (non-hydrogen) atoms. The average Bonchev–Trinajstić information content (AvgIpc) is 1.59. The van der Waals surface area contributed by atoms with Gasteiger partial charge in [-0.25, -0.2) is 9.13 Å². The van der Waals surface area contributed by atoms with Gasteiger partial charge in [0.15, 0.2) is 12.4 Å². The Kier molecular flexibility index (Phi) is 22.1. The van der Waals surface area contributed by atoms with Crippen LogP contribution in [0.5, 0.6) is 0 Å². The maximum Gasteiger partial charge on any atom is 0.217 e. The Morgan fingerprint density at radius 2 is 0.407 bits per heavy atom. The van der Waals surface area contributed by atoms with Crippen LogP contribution >= 0.6 is 0 Å². The Morgan fingerprint density at radius 1 is 0.147 bits per heavy atom. The molecular formula is C140H110N5O5+5. The topological polar surface area (TPSA) is 85.1 Å². The summed E-state index contributed by atoms with van der Waals surface area (Å²) in [5.41, 5.74) is 37.7. The number of aryl methyl sites for hydroxylation is 12. The molecule has 0 spiro atoms. The quantitative estimate of drug-likeness (QED) is 0.160. The molecule has 20 aromatic carbocycles. The van der Waals surface area contributed by atoms with Gasteiger partial charge in [0.25, 0.3) is 0 Å². The van der Waals surface area contributed by atoms with E-state index in [-0.39, 0.29) is 0 Å². The summed E-state index contributed by atoms with van der Waals surface area (Å²) in [7, 11) is 10.7. The Bertz CT molecular complexity index is 10800. The first-order chi connectivity index (χ1) is 73.1. The second-order valence-electron chi connectivity index (χ2n) is 41.0. The van der Waals surface area contributed by atoms with Gasteiger partial charge in [0.1, 0.15) is 91.1 Å². The van der Waals surface area contributed by atoms with Gasteiger partial charge in [0.2, 0.25) is 45.0 Å². The standard InChI is InChI=1S/2C29H24NO.C28H22NO.2C27H20NO/c1-17-15-24-23-14-13-20-9-5-6-11-22(20)28(23)31-29(24)27(19(17)3)26-16-18(2)21-10-7-8-12-25(21)30(26)4;1-17-8-7-11-25-21(17)14-15-26(30(25)4)27-19(3)18(2)16-24-23-13-12-20-9-5-6-10-22(20)28(23)31-29(24)27;1-17-14-24-23-13-12-19-8-6-7-11-22(19)27(23)30-28(24)26(18(17)2)25-15-20-9-4-5-10-21(20)16-29(25)3;1-17-11-14-22-21-15-12-18-7-3-5-9-20(18)26(21)29-27(22)25(17)24-16-13-19-8-4-6-10-23(19)28(24)2;1-17-11-13-23-22-14-12-18-7-5-6-10-21(18)26(22)29-27(23)25(17)24-15-19-8-3-4-9-20(19)16-28(24)2/h2*5-16H,1-4H3;4-16H,1-3H3;2*3-16H,1-2H3/q5*+1. The van der Waals surface area contributed by atoms with Crippen LogP contribution in [0.1, 0.15) is 55.6 Å². The first kappa shape index (κ1) is 91.7. The van der Waals surface area contributed by atoms with Crippen molar-refractivity contribution in [1.82, 2.24) is 0 Å². The SMILES string of the molecule is Cc1cc2c(oc3c4ccccc4ccc23)c(-c2cc(C)c3ccccc3[n+]2C)c1C.Cc1cc2c(oc3c4ccccc4ccc23)c(-c2cc3ccccc3c[n+]2C)c1C.Cc1cc2c(oc3c4ccccc4ccc23)c(-c2ccc3c(C)cccc3[n+]2C)c1C.Cc1ccc2c(oc3c4ccccc4ccc23)c1-c1cc2ccccc2c[n+]1C.Cc1ccc2c(oc3c4ccccc4ccc23)c1-c1ccc2ccccc2[n+]1C. The number of benzene rings is 20. The summed E-state index contributed by atoms with van der Waals surface area (Å²) < 4.78 is 44.4. The molecule has 0 aliphatic carbocycles. The summed E-state index contributed by atoms with van der Waals surface area (Å²) in [6.45, 7) is 21.9. The van der Waals surface area contributed by atoms with E-state index in [9.17, 15) is 0 Å². The molecule has 30 rings (SSSR count). The van der Waals surface area contributed by atoms with E-state index in [4.69, 9.17) is 22.1 Å². The number of pyridine rings is 5. The Balaban J connectivity index is 0.0000000945. The van der Waals surface area contributed by atoms with Crippen LogP contribution in [0.4, 0.5) is 0 Å². The van der Waals surface area contributed by atoms with Gasteiger partial charge >= 0.3 is 0 Å². The molecule has 720 valence electrons. The second-order valence-corrected chi connectivity index (χ2v) is 41.0. The van der Waals surface area contributed by atoms with E-state index in [1.807, 2.05) is 0 Å². The van der Waals surface area contributed by atoms with Crippen LogP contribution in [0.15, 0.2) is 417 Å². The summed E-state index contributed by atoms with van der Waals surface area (Å²) in [4.78, 5) is 0. The molecule has 0 saturated heterocycles. The van der Waals surface area contributed by atoms with Crippen LogP contribution < -0.4 is 22.8 Å². The third kappa shape index (κ3) is 14.9. The maximum absolute atomic E-state index is 6.68. The van der Waals surface area contributed by atoms with Crippen molar-refractivity contribution in [3.63, 3.8) is 0 Å². The van der Waals surface area contributed by atoms with Crippen LogP contribution in [-0.2, 0) is 35.2 Å². The minimum Gasteiger partial charge on any atom is -0.454 e. The molecule has 0 saturated carbocycles. The fraction of sp³-hybridized carbons (Fsp3) is 0.107. The molecule has 0 radical (unpaired) electrons. The van der Waals surface area contributed by atoms with E-state index in [1.54, 1.807) is 0 Å². The first-order valence-electron chi connectivity index (χ1n) is 51.8. The lowest BCUT2D eigenvalue weighted by Crippen LogP contribution is -2.32. The van der Waals surface area contributed by atoms with Crippen molar-refractivity contribution in [1.29, 1.82) is 0 Å². The van der Waals surface area contributed by atoms with Gasteiger partial charge in [0, 0.05) is 156 Å². The first-order valence-corrected chi connectivity index (χ1v) is 51.8. The molecule has 10 heterocycles. The predicted octanol–water partition coefficient (Wildman–Crippen LogP) is 35.0. The summed E-state index contributed by atoms with van der Waals surface area (Å²) >= 11 is 0. The highest BCUT2D eigenvalue weighted by Gasteiger charge is 2.32. The fourth-order valence-corrected chi connectivity index (χ4v) is 23.8. The van der Waals surface area contributed by atoms with E-state index in [2.05, 4.69) is 522 Å². The highest BCUT2D eigenvalue weighted by Crippen LogP contribution is 2.49. The molecule has 0 unspecified atom stereocenters. The van der Waals surface area contributed by atoms with Crippen molar-refractivity contribution in [2.24, 2.45) is 35.2 Å². The number of furan rings is 5. The van der Waals surface area contributed by atoms with Crippen molar-refractivity contribution in [3.8, 4) is 56.3 Å². The lowest BCUT2D eigenvalue weighted by molar-refractivity contribution is -0.659. The number of para-hydroxylation sites is 2. The van der Waals surface area contributed by atoms with Crippen LogP contribution in [0.25, 0.3) is 274 Å². The van der Waals surface area contributed by atoms with Gasteiger partial charge in [-0.3, -0.25) is 0 Å². The maximum atomic E-state index is 6.68. The van der Waals surface area contributed by atoms with Crippen LogP contribution in [0.2, 0.25) is 0 Å². The molecular weight excluding hydrogens is 1830 g/mol. The van der Waals surface area contributed by atoms with Gasteiger partial charge in [-0.15, -0.1) is 0 Å². The minimum absolute atomic E-state index is 0.960. The van der Waals surface area contributed by atoms with Crippen LogP contribution in [0, 0.1) is 69.2 Å². The number of aromatic nitrogens is 5. The lowest BCUT2D eigenvalue weighted by Gasteiger charge is -2.11. The van der Waals surface area contributed by atoms with Crippen molar-refractivity contribution < 1.29 is 44.9 Å². The molecule has 0 amide bonds. The van der Waals surface area contributed by atoms with E-state index >= 15 is 0 Å². The van der Waals surface area contributed by atoms with E-state index in [0.717, 1.165) is 105 Å². The summed E-state index contributed by atoms with van der Waals surface area (Å²) in [5.74, 6) is 0. The molecule has 0 atom stereocenters. The van der Waals surface area contributed by atoms with Gasteiger partial charge < -0.3 is 22.1 Å². The smallest absolute Gasteiger partial charge is 0.217 e. The third-order valence-corrected chi connectivity index (χ3v) is 32.2. The molecule has 10 nitrogen and oxygen atoms in total. The Morgan fingerprint density at radius 3 is 0.820 bits per heavy atom. The second kappa shape index (κ2) is 36.2. The number of hydrogen-bond donors (Lipinski definition) is 0. The van der Waals surface area contributed by atoms with Gasteiger partial charge in [-0.05, 0) is 248 Å². The van der Waals surface area contributed by atoms with Gasteiger partial charge in [-0.1, -0.05) is 249 Å². The number of rotatable bonds is 5. The highest BCUT2D eigenvalue weighted by molar-refractivity contribution is 6.23. The van der Waals surface area contributed by atoms with Crippen LogP contribution in [-0.4, -0.2) is 0 Å². The van der Waals surface area contributed by atoms with Crippen molar-refractivity contribution in [2.75, 3.05) is 0 Å². The van der Waals surface area contributed by atoms with Crippen molar-refractivity contribution in [3.05, 3.63) is 450 Å². The van der Waals surface area contributed by atoms with E-state index < -0.39 is 0 Å². The summed E-state index contributed by atoms with van der Waals surface area (Å²) in [5, 5.41) is 32.3. The van der Waals surface area contributed by atoms with E-state index in [0.29, 0.717) is 0 Å². The molecule has 10 heteroatoms. The summed E-state index contributed by atoms with van der Waals surface area (Å²) in [6, 6.07) is 136. The predicted molar refractivity (Wildman–Crippen MR) is 624 cm³/mol. The lowest BCUT2D eigenvalue weighted by atomic mass is 9.94. The van der Waals surface area contributed by atoms with Crippen LogP contribution in [0.3, 0.4) is 0 Å². The highest BCUT2D eigenvalue weighted by atomic mass is 16.3. The Labute approximate surface area is 867 Å². The zero-order valence-corrected chi connectivity index (χ0v) is 86.8. The number of nitrogens with zero attached hydrogens (tertiary/aromatic N) is 5. The normalized spacial score (nSPS) is 11.8. The molecule has 0 fully saturated rings. The average molecular weight is 1940 g/mol. The van der Waals surface area contributed by atoms with E-state index in [1.165, 1.54) is 224 Å². The minimum atomic E-state index is 0.960. The molecule has 0 N–H and O–H groups in total. The van der Waals surface area contributed by atoms with Crippen molar-refractivity contribution in [2.45, 2.75) is 69.2 Å². The largest absolute Gasteiger partial charge is 0.454 e. The Hall–Kier alpha value is -18.3. The molecule has 0 bridgehead atoms. The van der Waals surface area contributed by atoms with Gasteiger partial charge in [-0.2, -0.15) is 13.7 Å². The zero-order valence-electron chi connectivity index (χ0n) is 86.8. The monoisotopic (exact) mass is 1940 g/mol. The molecule has 0 aliphatic heterocycles. The molecule has 10 aromatic heterocycles. The summed E-state index contributed by atoms with van der Waals surface area (Å²) in [6.07, 6.45) is 4.40. The molecule has 30 aromatic rings. The van der Waals surface area contributed by atoms with Gasteiger partial charge in [0.05, 0.1) is 27.8 Å². The fourth-order valence-electron chi connectivity index (χ4n) is 23.8.